The largest absolute Gasteiger partial charge is 0.480 e. The number of carboxylic acids is 1. The molecule has 2 N–H and O–H groups in total. The Bertz CT molecular complexity index is 327. The summed E-state index contributed by atoms with van der Waals surface area (Å²) in [6.07, 6.45) is 3.90. The summed E-state index contributed by atoms with van der Waals surface area (Å²) in [5.41, 5.74) is -1.05. The second-order valence-corrected chi connectivity index (χ2v) is 6.44. The molecule has 6 heteroatoms. The van der Waals surface area contributed by atoms with E-state index in [0.717, 1.165) is 25.0 Å². The zero-order chi connectivity index (χ0) is 15.0. The fraction of sp³-hybridized carbons (Fsp3) is 0.857. The molecule has 0 aromatic carbocycles. The monoisotopic (exact) mass is 303 g/mol. The lowest BCUT2D eigenvalue weighted by Gasteiger charge is -2.37. The van der Waals surface area contributed by atoms with Crippen molar-refractivity contribution in [3.63, 3.8) is 0 Å². The molecule has 0 aromatic rings. The predicted octanol–water partition coefficient (Wildman–Crippen LogP) is 1.91. The van der Waals surface area contributed by atoms with Crippen molar-refractivity contribution in [3.05, 3.63) is 0 Å². The molecule has 0 aromatic heterocycles. The van der Waals surface area contributed by atoms with Crippen molar-refractivity contribution in [2.75, 3.05) is 25.2 Å². The highest BCUT2D eigenvalue weighted by Gasteiger charge is 2.42. The van der Waals surface area contributed by atoms with E-state index in [4.69, 9.17) is 4.74 Å². The molecule has 5 nitrogen and oxygen atoms in total. The molecule has 0 radical (unpaired) electrons. The van der Waals surface area contributed by atoms with Crippen LogP contribution in [0.1, 0.15) is 39.0 Å². The molecule has 20 heavy (non-hydrogen) atoms. The molecule has 0 heterocycles. The quantitative estimate of drug-likeness (QED) is 0.670. The number of carbonyl (C=O) groups is 2. The van der Waals surface area contributed by atoms with Gasteiger partial charge in [0.2, 0.25) is 5.91 Å². The molecule has 116 valence electrons. The summed E-state index contributed by atoms with van der Waals surface area (Å²) >= 11 is 1.46. The molecule has 0 bridgehead atoms. The number of amides is 1. The topological polar surface area (TPSA) is 75.6 Å². The highest BCUT2D eigenvalue weighted by atomic mass is 32.2. The predicted molar refractivity (Wildman–Crippen MR) is 80.0 cm³/mol. The van der Waals surface area contributed by atoms with Crippen molar-refractivity contribution in [2.45, 2.75) is 44.6 Å². The summed E-state index contributed by atoms with van der Waals surface area (Å²) in [5.74, 6) is 0.526. The Kier molecular flexibility index (Phi) is 7.37. The summed E-state index contributed by atoms with van der Waals surface area (Å²) in [6.45, 7) is 2.73. The van der Waals surface area contributed by atoms with Gasteiger partial charge in [0, 0.05) is 12.9 Å². The molecule has 1 saturated carbocycles. The van der Waals surface area contributed by atoms with Gasteiger partial charge in [0.25, 0.3) is 0 Å². The van der Waals surface area contributed by atoms with Gasteiger partial charge in [-0.2, -0.15) is 0 Å². The molecule has 1 rings (SSSR count). The fourth-order valence-corrected chi connectivity index (χ4v) is 3.27. The van der Waals surface area contributed by atoms with Gasteiger partial charge in [-0.25, -0.2) is 4.79 Å². The third-order valence-electron chi connectivity index (χ3n) is 3.99. The van der Waals surface area contributed by atoms with Gasteiger partial charge in [-0.15, -0.1) is 11.8 Å². The minimum absolute atomic E-state index is 0.191. The second kappa shape index (κ2) is 8.52. The van der Waals surface area contributed by atoms with Gasteiger partial charge in [0.1, 0.15) is 5.54 Å². The van der Waals surface area contributed by atoms with Crippen molar-refractivity contribution >= 4 is 23.6 Å². The zero-order valence-corrected chi connectivity index (χ0v) is 13.1. The third kappa shape index (κ3) is 4.98. The summed E-state index contributed by atoms with van der Waals surface area (Å²) in [5, 5.41) is 12.2. The molecular weight excluding hydrogens is 278 g/mol. The van der Waals surface area contributed by atoms with Crippen LogP contribution in [0.25, 0.3) is 0 Å². The van der Waals surface area contributed by atoms with Crippen LogP contribution in [0.5, 0.6) is 0 Å². The van der Waals surface area contributed by atoms with Crippen LogP contribution in [0.4, 0.5) is 0 Å². The average Bonchev–Trinajstić information content (AvgIpc) is 2.44. The highest BCUT2D eigenvalue weighted by Crippen LogP contribution is 2.34. The average molecular weight is 303 g/mol. The van der Waals surface area contributed by atoms with E-state index in [1.54, 1.807) is 7.11 Å². The van der Waals surface area contributed by atoms with Crippen LogP contribution in [-0.4, -0.2) is 47.7 Å². The second-order valence-electron chi connectivity index (χ2n) is 5.33. The molecule has 0 atom stereocenters. The first kappa shape index (κ1) is 17.3. The van der Waals surface area contributed by atoms with Crippen LogP contribution < -0.4 is 5.32 Å². The standard InChI is InChI=1S/C14H25NO4S/c1-3-11-4-6-14(7-5-11,13(17)18)15-12(16)10-20-9-8-19-2/h11H,3-10H2,1-2H3,(H,15,16)(H,17,18). The molecule has 1 fully saturated rings. The van der Waals surface area contributed by atoms with Crippen LogP contribution in [-0.2, 0) is 14.3 Å². The minimum atomic E-state index is -1.05. The maximum Gasteiger partial charge on any atom is 0.329 e. The third-order valence-corrected chi connectivity index (χ3v) is 4.91. The van der Waals surface area contributed by atoms with Crippen LogP contribution in [0.3, 0.4) is 0 Å². The van der Waals surface area contributed by atoms with Crippen LogP contribution in [0.2, 0.25) is 0 Å². The first-order valence-electron chi connectivity index (χ1n) is 7.15. The summed E-state index contributed by atoms with van der Waals surface area (Å²) in [4.78, 5) is 23.4. The summed E-state index contributed by atoms with van der Waals surface area (Å²) in [7, 11) is 1.62. The van der Waals surface area contributed by atoms with Crippen molar-refractivity contribution in [2.24, 2.45) is 5.92 Å². The number of thioether (sulfide) groups is 1. The smallest absolute Gasteiger partial charge is 0.329 e. The molecule has 0 saturated heterocycles. The Hall–Kier alpha value is -0.750. The molecular formula is C14H25NO4S. The van der Waals surface area contributed by atoms with Crippen molar-refractivity contribution in [1.29, 1.82) is 0 Å². The lowest BCUT2D eigenvalue weighted by molar-refractivity contribution is -0.149. The van der Waals surface area contributed by atoms with Crippen molar-refractivity contribution in [3.8, 4) is 0 Å². The molecule has 1 amide bonds. The first-order chi connectivity index (χ1) is 9.54. The lowest BCUT2D eigenvalue weighted by atomic mass is 9.75. The SMILES string of the molecule is CCC1CCC(NC(=O)CSCCOC)(C(=O)O)CC1. The maximum atomic E-state index is 11.9. The van der Waals surface area contributed by atoms with E-state index in [2.05, 4.69) is 12.2 Å². The van der Waals surface area contributed by atoms with E-state index < -0.39 is 11.5 Å². The number of hydrogen-bond acceptors (Lipinski definition) is 4. The molecule has 0 spiro atoms. The molecule has 0 aliphatic heterocycles. The van der Waals surface area contributed by atoms with E-state index in [1.807, 2.05) is 0 Å². The number of nitrogens with one attached hydrogen (secondary N) is 1. The van der Waals surface area contributed by atoms with Gasteiger partial charge in [-0.1, -0.05) is 13.3 Å². The van der Waals surface area contributed by atoms with Gasteiger partial charge in [-0.3, -0.25) is 4.79 Å². The Morgan fingerprint density at radius 1 is 1.40 bits per heavy atom. The summed E-state index contributed by atoms with van der Waals surface area (Å²) < 4.78 is 4.91. The minimum Gasteiger partial charge on any atom is -0.480 e. The highest BCUT2D eigenvalue weighted by molar-refractivity contribution is 7.99. The maximum absolute atomic E-state index is 11.9. The van der Waals surface area contributed by atoms with E-state index in [1.165, 1.54) is 11.8 Å². The van der Waals surface area contributed by atoms with Gasteiger partial charge in [0.05, 0.1) is 12.4 Å². The summed E-state index contributed by atoms with van der Waals surface area (Å²) in [6, 6.07) is 0. The van der Waals surface area contributed by atoms with E-state index in [9.17, 15) is 14.7 Å². The van der Waals surface area contributed by atoms with Crippen molar-refractivity contribution < 1.29 is 19.4 Å². The van der Waals surface area contributed by atoms with Crippen LogP contribution in [0.15, 0.2) is 0 Å². The van der Waals surface area contributed by atoms with Crippen molar-refractivity contribution in [1.82, 2.24) is 5.32 Å². The number of carbonyl (C=O) groups excluding carboxylic acids is 1. The number of hydrogen-bond donors (Lipinski definition) is 2. The Balaban J connectivity index is 2.47. The van der Waals surface area contributed by atoms with Gasteiger partial charge < -0.3 is 15.2 Å². The van der Waals surface area contributed by atoms with Gasteiger partial charge in [0.15, 0.2) is 0 Å². The molecule has 0 unspecified atom stereocenters. The van der Waals surface area contributed by atoms with Gasteiger partial charge >= 0.3 is 5.97 Å². The van der Waals surface area contributed by atoms with Crippen LogP contribution >= 0.6 is 11.8 Å². The normalized spacial score (nSPS) is 26.2. The molecule has 1 aliphatic rings. The number of carboxylic acid groups (broad SMARTS) is 1. The molecule has 1 aliphatic carbocycles. The zero-order valence-electron chi connectivity index (χ0n) is 12.3. The lowest BCUT2D eigenvalue weighted by Crippen LogP contribution is -2.56. The number of methoxy groups -OCH3 is 1. The van der Waals surface area contributed by atoms with E-state index >= 15 is 0 Å². The first-order valence-corrected chi connectivity index (χ1v) is 8.30. The number of rotatable bonds is 8. The Labute approximate surface area is 124 Å². The Morgan fingerprint density at radius 2 is 2.05 bits per heavy atom. The number of ether oxygens (including phenoxy) is 1. The Morgan fingerprint density at radius 3 is 2.55 bits per heavy atom. The van der Waals surface area contributed by atoms with E-state index in [-0.39, 0.29) is 11.7 Å². The van der Waals surface area contributed by atoms with Gasteiger partial charge in [-0.05, 0) is 31.6 Å². The van der Waals surface area contributed by atoms with Crippen LogP contribution in [0, 0.1) is 5.92 Å². The van der Waals surface area contributed by atoms with E-state index in [0.29, 0.717) is 25.4 Å². The fourth-order valence-electron chi connectivity index (χ4n) is 2.58. The number of aliphatic carboxylic acids is 1.